The van der Waals surface area contributed by atoms with E-state index in [9.17, 15) is 10.3 Å². The second-order valence-corrected chi connectivity index (χ2v) is 7.32. The summed E-state index contributed by atoms with van der Waals surface area (Å²) in [4.78, 5) is 0. The van der Waals surface area contributed by atoms with Crippen LogP contribution in [-0.4, -0.2) is 10.2 Å². The molecule has 0 bridgehead atoms. The van der Waals surface area contributed by atoms with Gasteiger partial charge in [0, 0.05) is 11.1 Å². The lowest BCUT2D eigenvalue weighted by Crippen LogP contribution is -2.50. The van der Waals surface area contributed by atoms with Gasteiger partial charge in [0.05, 0.1) is 0 Å². The van der Waals surface area contributed by atoms with Crippen molar-refractivity contribution >= 4 is 0 Å². The maximum atomic E-state index is 14.3. The topological polar surface area (TPSA) is 43.4 Å². The predicted molar refractivity (Wildman–Crippen MR) is 111 cm³/mol. The van der Waals surface area contributed by atoms with Gasteiger partial charge >= 0.3 is 0 Å². The zero-order valence-electron chi connectivity index (χ0n) is 15.8. The molecule has 0 spiro atoms. The van der Waals surface area contributed by atoms with Gasteiger partial charge in [-0.1, -0.05) is 120 Å². The molecule has 5 rings (SSSR count). The van der Waals surface area contributed by atoms with Gasteiger partial charge in [-0.3, -0.25) is 0 Å². The quantitative estimate of drug-likeness (QED) is 0.555. The second kappa shape index (κ2) is 6.68. The molecule has 141 valence electrons. The Morgan fingerprint density at radius 2 is 0.897 bits per heavy atom. The summed E-state index contributed by atoms with van der Waals surface area (Å²) in [6.45, 7) is 0. The molecule has 3 heteroatoms. The molecule has 4 aromatic carbocycles. The number of fused-ring (bicyclic) bond motifs is 1. The second-order valence-electron chi connectivity index (χ2n) is 7.32. The van der Waals surface area contributed by atoms with E-state index < -0.39 is 11.3 Å². The van der Waals surface area contributed by atoms with E-state index in [1.54, 1.807) is 12.1 Å². The summed E-state index contributed by atoms with van der Waals surface area (Å²) in [5, 5.41) is 27.1. The SMILES string of the molecule is [O]N1C(O)(c2ccccc2)c2ccccc2C1(c1ccccc1)c1ccccc1. The fraction of sp³-hybridized carbons (Fsp3) is 0.0769. The highest BCUT2D eigenvalue weighted by molar-refractivity contribution is 5.59. The Bertz CT molecular complexity index is 1090. The Hall–Kier alpha value is -3.24. The van der Waals surface area contributed by atoms with E-state index in [2.05, 4.69) is 0 Å². The van der Waals surface area contributed by atoms with Crippen molar-refractivity contribution in [1.29, 1.82) is 0 Å². The molecule has 29 heavy (non-hydrogen) atoms. The van der Waals surface area contributed by atoms with Gasteiger partial charge in [0.1, 0.15) is 5.54 Å². The third-order valence-corrected chi connectivity index (χ3v) is 5.85. The highest BCUT2D eigenvalue weighted by atomic mass is 16.6. The van der Waals surface area contributed by atoms with Crippen LogP contribution in [0.5, 0.6) is 0 Å². The van der Waals surface area contributed by atoms with Crippen LogP contribution in [0.15, 0.2) is 115 Å². The molecule has 0 amide bonds. The third-order valence-electron chi connectivity index (χ3n) is 5.85. The number of hydroxylamine groups is 2. The first-order valence-corrected chi connectivity index (χ1v) is 9.66. The molecule has 3 nitrogen and oxygen atoms in total. The van der Waals surface area contributed by atoms with E-state index in [1.807, 2.05) is 103 Å². The fourth-order valence-electron chi connectivity index (χ4n) is 4.58. The molecule has 0 fully saturated rings. The van der Waals surface area contributed by atoms with Crippen LogP contribution in [0, 0.1) is 0 Å². The lowest BCUT2D eigenvalue weighted by atomic mass is 9.77. The molecule has 0 saturated carbocycles. The molecule has 1 unspecified atom stereocenters. The van der Waals surface area contributed by atoms with Gasteiger partial charge in [0.2, 0.25) is 0 Å². The minimum absolute atomic E-state index is 0.552. The maximum Gasteiger partial charge on any atom is 0.198 e. The molecule has 4 aromatic rings. The minimum Gasteiger partial charge on any atom is -0.366 e. The largest absolute Gasteiger partial charge is 0.366 e. The van der Waals surface area contributed by atoms with Gasteiger partial charge in [-0.15, -0.1) is 5.21 Å². The average Bonchev–Trinajstić information content (AvgIpc) is 3.01. The van der Waals surface area contributed by atoms with E-state index in [1.165, 1.54) is 0 Å². The number of hydrogen-bond acceptors (Lipinski definition) is 2. The van der Waals surface area contributed by atoms with E-state index in [4.69, 9.17) is 0 Å². The third kappa shape index (κ3) is 2.36. The normalized spacial score (nSPS) is 20.3. The van der Waals surface area contributed by atoms with Crippen LogP contribution in [0.2, 0.25) is 0 Å². The Labute approximate surface area is 170 Å². The van der Waals surface area contributed by atoms with Crippen molar-refractivity contribution in [3.05, 3.63) is 143 Å². The maximum absolute atomic E-state index is 14.3. The summed E-state index contributed by atoms with van der Waals surface area (Å²) in [6, 6.07) is 36.1. The zero-order valence-corrected chi connectivity index (χ0v) is 15.8. The number of benzene rings is 4. The molecule has 0 saturated heterocycles. The Morgan fingerprint density at radius 3 is 1.38 bits per heavy atom. The van der Waals surface area contributed by atoms with Gasteiger partial charge in [-0.2, -0.15) is 0 Å². The van der Waals surface area contributed by atoms with Crippen molar-refractivity contribution < 1.29 is 10.3 Å². The van der Waals surface area contributed by atoms with Crippen LogP contribution in [0.4, 0.5) is 0 Å². The van der Waals surface area contributed by atoms with Crippen LogP contribution >= 0.6 is 0 Å². The fourth-order valence-corrected chi connectivity index (χ4v) is 4.58. The van der Waals surface area contributed by atoms with Crippen LogP contribution in [-0.2, 0) is 16.5 Å². The van der Waals surface area contributed by atoms with Crippen LogP contribution in [0.25, 0.3) is 0 Å². The molecule has 0 aromatic heterocycles. The molecule has 1 aliphatic heterocycles. The van der Waals surface area contributed by atoms with Gasteiger partial charge < -0.3 is 5.11 Å². The van der Waals surface area contributed by atoms with Crippen LogP contribution < -0.4 is 0 Å². The first-order valence-electron chi connectivity index (χ1n) is 9.66. The van der Waals surface area contributed by atoms with E-state index in [0.717, 1.165) is 21.8 Å². The molecule has 1 N–H and O–H groups in total. The van der Waals surface area contributed by atoms with E-state index in [-0.39, 0.29) is 0 Å². The number of hydrogen-bond donors (Lipinski definition) is 1. The monoisotopic (exact) mass is 378 g/mol. The number of rotatable bonds is 3. The Morgan fingerprint density at radius 1 is 0.517 bits per heavy atom. The summed E-state index contributed by atoms with van der Waals surface area (Å²) in [6.07, 6.45) is 0. The van der Waals surface area contributed by atoms with Crippen molar-refractivity contribution in [2.45, 2.75) is 11.3 Å². The summed E-state index contributed by atoms with van der Waals surface area (Å²) in [5.41, 5.74) is 0.623. The van der Waals surface area contributed by atoms with Crippen LogP contribution in [0.3, 0.4) is 0 Å². The van der Waals surface area contributed by atoms with Gasteiger partial charge in [-0.05, 0) is 16.7 Å². The summed E-state index contributed by atoms with van der Waals surface area (Å²) >= 11 is 0. The molecule has 1 radical (unpaired) electrons. The molecule has 0 aliphatic carbocycles. The Kier molecular flexibility index (Phi) is 4.10. The van der Waals surface area contributed by atoms with Crippen molar-refractivity contribution in [1.82, 2.24) is 5.06 Å². The zero-order chi connectivity index (χ0) is 19.9. The molecular formula is C26H20NO2. The molecule has 1 heterocycles. The standard InChI is InChI=1S/C26H20NO2/c28-26(22-16-8-3-9-17-22)24-19-11-10-18-23(24)25(27(26)29,20-12-4-1-5-13-20)21-14-6-2-7-15-21/h1-19,28H. The first-order chi connectivity index (χ1) is 14.2. The summed E-state index contributed by atoms with van der Waals surface area (Å²) in [5.74, 6) is 0. The Balaban J connectivity index is 1.90. The summed E-state index contributed by atoms with van der Waals surface area (Å²) in [7, 11) is 0. The van der Waals surface area contributed by atoms with Crippen molar-refractivity contribution in [3.63, 3.8) is 0 Å². The van der Waals surface area contributed by atoms with E-state index >= 15 is 0 Å². The van der Waals surface area contributed by atoms with Crippen molar-refractivity contribution in [3.8, 4) is 0 Å². The smallest absolute Gasteiger partial charge is 0.198 e. The van der Waals surface area contributed by atoms with E-state index in [0.29, 0.717) is 11.1 Å². The lowest BCUT2D eigenvalue weighted by molar-refractivity contribution is -0.312. The number of aliphatic hydroxyl groups is 1. The first kappa shape index (κ1) is 17.8. The lowest BCUT2D eigenvalue weighted by Gasteiger charge is -2.39. The van der Waals surface area contributed by atoms with Crippen molar-refractivity contribution in [2.24, 2.45) is 0 Å². The number of nitrogens with zero attached hydrogens (tertiary/aromatic N) is 1. The highest BCUT2D eigenvalue weighted by Crippen LogP contribution is 2.56. The predicted octanol–water partition coefficient (Wildman–Crippen LogP) is 4.83. The van der Waals surface area contributed by atoms with Gasteiger partial charge in [-0.25, -0.2) is 0 Å². The van der Waals surface area contributed by atoms with Gasteiger partial charge in [0.25, 0.3) is 0 Å². The minimum atomic E-state index is -1.80. The average molecular weight is 378 g/mol. The molecule has 1 atom stereocenters. The van der Waals surface area contributed by atoms with Crippen LogP contribution in [0.1, 0.15) is 27.8 Å². The summed E-state index contributed by atoms with van der Waals surface area (Å²) < 4.78 is 0. The highest BCUT2D eigenvalue weighted by Gasteiger charge is 2.61. The molecular weight excluding hydrogens is 358 g/mol. The molecule has 1 aliphatic rings. The van der Waals surface area contributed by atoms with Gasteiger partial charge in [0.15, 0.2) is 5.72 Å². The van der Waals surface area contributed by atoms with Crippen molar-refractivity contribution in [2.75, 3.05) is 0 Å².